The summed E-state index contributed by atoms with van der Waals surface area (Å²) in [5, 5.41) is 22.8. The van der Waals surface area contributed by atoms with Crippen LogP contribution < -0.4 is 11.5 Å². The maximum atomic E-state index is 8.52. The van der Waals surface area contributed by atoms with Gasteiger partial charge in [0.1, 0.15) is 0 Å². The highest BCUT2D eigenvalue weighted by atomic mass is 16.4. The molecule has 0 saturated heterocycles. The molecule has 0 spiro atoms. The van der Waals surface area contributed by atoms with Crippen LogP contribution in [-0.4, -0.2) is 22.1 Å². The molecule has 80 valence electrons. The van der Waals surface area contributed by atoms with Crippen molar-refractivity contribution >= 4 is 11.7 Å². The van der Waals surface area contributed by atoms with Crippen LogP contribution in [0, 0.1) is 6.92 Å². The molecular formula is C9H12N4O2. The molecule has 0 bridgehead atoms. The first-order valence-electron chi connectivity index (χ1n) is 4.16. The molecule has 15 heavy (non-hydrogen) atoms. The lowest BCUT2D eigenvalue weighted by Crippen LogP contribution is -2.17. The zero-order valence-corrected chi connectivity index (χ0v) is 8.18. The van der Waals surface area contributed by atoms with Crippen LogP contribution in [-0.2, 0) is 0 Å². The van der Waals surface area contributed by atoms with Gasteiger partial charge in [-0.15, -0.1) is 0 Å². The van der Waals surface area contributed by atoms with Crippen molar-refractivity contribution in [2.75, 3.05) is 0 Å². The van der Waals surface area contributed by atoms with Crippen LogP contribution in [0.15, 0.2) is 28.5 Å². The van der Waals surface area contributed by atoms with Crippen LogP contribution >= 0.6 is 0 Å². The standard InChI is InChI=1S/C9H12N4O2/c1-5-2-6(8(10)12-14)4-7(3-5)9(11)13-15/h2-4,14-15H,1H3,(H2,10,12)(H2,11,13). The number of nitrogens with zero attached hydrogens (tertiary/aromatic N) is 2. The molecule has 0 aliphatic heterocycles. The van der Waals surface area contributed by atoms with E-state index < -0.39 is 0 Å². The van der Waals surface area contributed by atoms with E-state index in [1.54, 1.807) is 18.2 Å². The van der Waals surface area contributed by atoms with Gasteiger partial charge >= 0.3 is 0 Å². The van der Waals surface area contributed by atoms with Crippen LogP contribution in [0.3, 0.4) is 0 Å². The summed E-state index contributed by atoms with van der Waals surface area (Å²) in [6.07, 6.45) is 0. The molecule has 1 aromatic carbocycles. The fraction of sp³-hybridized carbons (Fsp3) is 0.111. The molecule has 6 N–H and O–H groups in total. The number of rotatable bonds is 2. The van der Waals surface area contributed by atoms with Crippen molar-refractivity contribution in [1.82, 2.24) is 0 Å². The molecule has 1 aromatic rings. The van der Waals surface area contributed by atoms with Crippen molar-refractivity contribution in [3.63, 3.8) is 0 Å². The maximum Gasteiger partial charge on any atom is 0.170 e. The second kappa shape index (κ2) is 4.32. The highest BCUT2D eigenvalue weighted by Crippen LogP contribution is 2.09. The lowest BCUT2D eigenvalue weighted by molar-refractivity contribution is 0.318. The van der Waals surface area contributed by atoms with Crippen molar-refractivity contribution in [1.29, 1.82) is 0 Å². The molecule has 0 radical (unpaired) electrons. The first-order chi connectivity index (χ1) is 7.08. The minimum absolute atomic E-state index is 0.0225. The molecule has 0 fully saturated rings. The van der Waals surface area contributed by atoms with Crippen LogP contribution in [0.25, 0.3) is 0 Å². The highest BCUT2D eigenvalue weighted by Gasteiger charge is 2.05. The first-order valence-corrected chi connectivity index (χ1v) is 4.16. The van der Waals surface area contributed by atoms with Gasteiger partial charge in [0.05, 0.1) is 0 Å². The summed E-state index contributed by atoms with van der Waals surface area (Å²) >= 11 is 0. The maximum absolute atomic E-state index is 8.52. The van der Waals surface area contributed by atoms with Gasteiger partial charge in [0.25, 0.3) is 0 Å². The van der Waals surface area contributed by atoms with Crippen LogP contribution in [0.1, 0.15) is 16.7 Å². The third-order valence-corrected chi connectivity index (χ3v) is 1.88. The van der Waals surface area contributed by atoms with Gasteiger partial charge < -0.3 is 21.9 Å². The summed E-state index contributed by atoms with van der Waals surface area (Å²) in [6, 6.07) is 5.02. The molecule has 0 heterocycles. The van der Waals surface area contributed by atoms with Gasteiger partial charge in [0, 0.05) is 11.1 Å². The Labute approximate surface area is 86.5 Å². The van der Waals surface area contributed by atoms with Gasteiger partial charge in [-0.25, -0.2) is 0 Å². The smallest absolute Gasteiger partial charge is 0.170 e. The summed E-state index contributed by atoms with van der Waals surface area (Å²) in [6.45, 7) is 1.82. The van der Waals surface area contributed by atoms with Gasteiger partial charge in [-0.05, 0) is 30.7 Å². The van der Waals surface area contributed by atoms with Crippen molar-refractivity contribution in [2.24, 2.45) is 21.8 Å². The van der Waals surface area contributed by atoms with Gasteiger partial charge in [0.15, 0.2) is 11.7 Å². The average Bonchev–Trinajstić information content (AvgIpc) is 2.26. The molecule has 0 aromatic heterocycles. The third kappa shape index (κ3) is 2.37. The Morgan fingerprint density at radius 1 is 1.00 bits per heavy atom. The van der Waals surface area contributed by atoms with E-state index in [2.05, 4.69) is 10.3 Å². The third-order valence-electron chi connectivity index (χ3n) is 1.88. The normalized spacial score (nSPS) is 12.9. The van der Waals surface area contributed by atoms with Crippen molar-refractivity contribution in [2.45, 2.75) is 6.92 Å². The van der Waals surface area contributed by atoms with E-state index in [1.807, 2.05) is 6.92 Å². The minimum atomic E-state index is -0.0225. The van der Waals surface area contributed by atoms with Gasteiger partial charge in [0.2, 0.25) is 0 Å². The largest absolute Gasteiger partial charge is 0.409 e. The van der Waals surface area contributed by atoms with Crippen molar-refractivity contribution < 1.29 is 10.4 Å². The number of benzene rings is 1. The summed E-state index contributed by atoms with van der Waals surface area (Å²) in [4.78, 5) is 0. The summed E-state index contributed by atoms with van der Waals surface area (Å²) in [5.41, 5.74) is 12.7. The van der Waals surface area contributed by atoms with Crippen LogP contribution in [0.5, 0.6) is 0 Å². The quantitative estimate of drug-likeness (QED) is 0.240. The number of hydrogen-bond acceptors (Lipinski definition) is 4. The molecule has 6 nitrogen and oxygen atoms in total. The number of aryl methyl sites for hydroxylation is 1. The molecule has 0 saturated carbocycles. The molecule has 6 heteroatoms. The Hall–Kier alpha value is -2.24. The predicted octanol–water partition coefficient (Wildman–Crippen LogP) is 0.184. The Bertz CT molecular complexity index is 390. The minimum Gasteiger partial charge on any atom is -0.409 e. The number of hydrogen-bond donors (Lipinski definition) is 4. The second-order valence-electron chi connectivity index (χ2n) is 3.06. The fourth-order valence-corrected chi connectivity index (χ4v) is 1.19. The predicted molar refractivity (Wildman–Crippen MR) is 56.2 cm³/mol. The molecule has 0 unspecified atom stereocenters. The number of oxime groups is 2. The lowest BCUT2D eigenvalue weighted by atomic mass is 10.1. The molecule has 0 amide bonds. The zero-order chi connectivity index (χ0) is 11.4. The van der Waals surface area contributed by atoms with E-state index in [9.17, 15) is 0 Å². The average molecular weight is 208 g/mol. The van der Waals surface area contributed by atoms with Gasteiger partial charge in [-0.2, -0.15) is 0 Å². The lowest BCUT2D eigenvalue weighted by Gasteiger charge is -2.04. The monoisotopic (exact) mass is 208 g/mol. The van der Waals surface area contributed by atoms with E-state index in [0.717, 1.165) is 5.56 Å². The summed E-state index contributed by atoms with van der Waals surface area (Å²) in [7, 11) is 0. The second-order valence-corrected chi connectivity index (χ2v) is 3.06. The zero-order valence-electron chi connectivity index (χ0n) is 8.18. The summed E-state index contributed by atoms with van der Waals surface area (Å²) in [5.74, 6) is -0.0450. The Morgan fingerprint density at radius 3 is 1.73 bits per heavy atom. The Morgan fingerprint density at radius 2 is 1.40 bits per heavy atom. The highest BCUT2D eigenvalue weighted by molar-refractivity contribution is 6.02. The first kappa shape index (κ1) is 10.8. The Balaban J connectivity index is 3.29. The van der Waals surface area contributed by atoms with E-state index in [1.165, 1.54) is 0 Å². The SMILES string of the molecule is Cc1cc(/C(N)=N\O)cc(/C(N)=N\O)c1. The van der Waals surface area contributed by atoms with Gasteiger partial charge in [-0.3, -0.25) is 0 Å². The van der Waals surface area contributed by atoms with E-state index in [0.29, 0.717) is 11.1 Å². The molecule has 0 aliphatic carbocycles. The molecule has 0 aliphatic rings. The molecule has 1 rings (SSSR count). The Kier molecular flexibility index (Phi) is 3.12. The van der Waals surface area contributed by atoms with Crippen molar-refractivity contribution in [3.05, 3.63) is 34.9 Å². The van der Waals surface area contributed by atoms with Crippen LogP contribution in [0.2, 0.25) is 0 Å². The van der Waals surface area contributed by atoms with Crippen LogP contribution in [0.4, 0.5) is 0 Å². The number of amidine groups is 2. The molecule has 0 atom stereocenters. The van der Waals surface area contributed by atoms with Gasteiger partial charge in [-0.1, -0.05) is 10.3 Å². The van der Waals surface area contributed by atoms with Crippen molar-refractivity contribution in [3.8, 4) is 0 Å². The van der Waals surface area contributed by atoms with E-state index >= 15 is 0 Å². The van der Waals surface area contributed by atoms with E-state index in [4.69, 9.17) is 21.9 Å². The fourth-order valence-electron chi connectivity index (χ4n) is 1.19. The molecular weight excluding hydrogens is 196 g/mol. The number of nitrogens with two attached hydrogens (primary N) is 2. The summed E-state index contributed by atoms with van der Waals surface area (Å²) < 4.78 is 0. The van der Waals surface area contributed by atoms with E-state index in [-0.39, 0.29) is 11.7 Å². The topological polar surface area (TPSA) is 117 Å².